The van der Waals surface area contributed by atoms with E-state index >= 15 is 0 Å². The van der Waals surface area contributed by atoms with Crippen molar-refractivity contribution in [1.29, 1.82) is 0 Å². The zero-order valence-electron chi connectivity index (χ0n) is 10.5. The van der Waals surface area contributed by atoms with Crippen LogP contribution in [0.25, 0.3) is 0 Å². The van der Waals surface area contributed by atoms with Crippen molar-refractivity contribution in [3.8, 4) is 0 Å². The first-order chi connectivity index (χ1) is 8.65. The molecule has 4 heteroatoms. The van der Waals surface area contributed by atoms with Crippen LogP contribution in [0.3, 0.4) is 0 Å². The molecule has 1 aliphatic heterocycles. The lowest BCUT2D eigenvalue weighted by Crippen LogP contribution is -2.28. The van der Waals surface area contributed by atoms with Gasteiger partial charge in [0.05, 0.1) is 5.92 Å². The largest absolute Gasteiger partial charge is 0.481 e. The Balaban J connectivity index is 1.64. The van der Waals surface area contributed by atoms with Crippen molar-refractivity contribution < 1.29 is 14.7 Å². The fraction of sp³-hybridized carbons (Fsp3) is 0.714. The Morgan fingerprint density at radius 3 is 2.06 bits per heavy atom. The highest BCUT2D eigenvalue weighted by Gasteiger charge is 2.37. The minimum absolute atomic E-state index is 0.0348. The standard InChI is InChI=1S/C14H19NO3/c16-13(15-6-5-11(8-15)14(17)18)7-12(9-1-2-9)10-3-4-10/h7,9-11H,1-6,8H2,(H,17,18)/t11-/m1/s1. The third-order valence-electron chi connectivity index (χ3n) is 4.24. The molecule has 1 saturated heterocycles. The van der Waals surface area contributed by atoms with E-state index in [1.165, 1.54) is 31.3 Å². The molecular formula is C14H19NO3. The molecule has 3 rings (SSSR count). The topological polar surface area (TPSA) is 57.6 Å². The normalized spacial score (nSPS) is 27.1. The van der Waals surface area contributed by atoms with E-state index in [9.17, 15) is 9.59 Å². The number of aliphatic carboxylic acids is 1. The molecule has 1 heterocycles. The molecule has 0 radical (unpaired) electrons. The molecule has 1 atom stereocenters. The molecule has 2 saturated carbocycles. The molecule has 3 aliphatic rings. The first kappa shape index (κ1) is 11.8. The maximum Gasteiger partial charge on any atom is 0.308 e. The molecule has 0 aromatic rings. The van der Waals surface area contributed by atoms with Gasteiger partial charge in [0.15, 0.2) is 0 Å². The van der Waals surface area contributed by atoms with Crippen molar-refractivity contribution in [2.75, 3.05) is 13.1 Å². The van der Waals surface area contributed by atoms with Crippen LogP contribution in [0.15, 0.2) is 11.6 Å². The Labute approximate surface area is 107 Å². The van der Waals surface area contributed by atoms with Crippen molar-refractivity contribution in [3.05, 3.63) is 11.6 Å². The zero-order chi connectivity index (χ0) is 12.7. The van der Waals surface area contributed by atoms with Crippen LogP contribution in [0.1, 0.15) is 32.1 Å². The summed E-state index contributed by atoms with van der Waals surface area (Å²) < 4.78 is 0. The van der Waals surface area contributed by atoms with Gasteiger partial charge in [-0.25, -0.2) is 0 Å². The predicted octanol–water partition coefficient (Wildman–Crippen LogP) is 1.67. The van der Waals surface area contributed by atoms with Crippen LogP contribution in [-0.4, -0.2) is 35.0 Å². The Morgan fingerprint density at radius 1 is 1.00 bits per heavy atom. The van der Waals surface area contributed by atoms with Crippen LogP contribution >= 0.6 is 0 Å². The third-order valence-corrected chi connectivity index (χ3v) is 4.24. The molecule has 3 fully saturated rings. The van der Waals surface area contributed by atoms with E-state index < -0.39 is 5.97 Å². The van der Waals surface area contributed by atoms with Crippen LogP contribution in [0.5, 0.6) is 0 Å². The quantitative estimate of drug-likeness (QED) is 0.771. The van der Waals surface area contributed by atoms with Crippen LogP contribution < -0.4 is 0 Å². The molecule has 0 aromatic carbocycles. The maximum absolute atomic E-state index is 12.1. The number of rotatable bonds is 4. The summed E-state index contributed by atoms with van der Waals surface area (Å²) in [4.78, 5) is 24.7. The van der Waals surface area contributed by atoms with Gasteiger partial charge >= 0.3 is 5.97 Å². The first-order valence-electron chi connectivity index (χ1n) is 6.88. The molecule has 98 valence electrons. The minimum atomic E-state index is -0.779. The average Bonchev–Trinajstić information content (AvgIpc) is 3.24. The molecule has 0 aromatic heterocycles. The molecule has 0 spiro atoms. The summed E-state index contributed by atoms with van der Waals surface area (Å²) in [6.45, 7) is 0.974. The molecule has 0 bridgehead atoms. The Hall–Kier alpha value is -1.32. The molecule has 1 N–H and O–H groups in total. The number of allylic oxidation sites excluding steroid dienone is 1. The van der Waals surface area contributed by atoms with Crippen molar-refractivity contribution in [3.63, 3.8) is 0 Å². The van der Waals surface area contributed by atoms with E-state index in [-0.39, 0.29) is 11.8 Å². The van der Waals surface area contributed by atoms with Gasteiger partial charge in [-0.2, -0.15) is 0 Å². The van der Waals surface area contributed by atoms with Crippen molar-refractivity contribution in [1.82, 2.24) is 4.90 Å². The second kappa shape index (κ2) is 4.41. The SMILES string of the molecule is O=C(O)[C@@H]1CCN(C(=O)C=C(C2CC2)C2CC2)C1. The van der Waals surface area contributed by atoms with Crippen LogP contribution in [-0.2, 0) is 9.59 Å². The van der Waals surface area contributed by atoms with E-state index in [1.54, 1.807) is 4.90 Å². The van der Waals surface area contributed by atoms with Crippen molar-refractivity contribution in [2.45, 2.75) is 32.1 Å². The number of carboxylic acids is 1. The van der Waals surface area contributed by atoms with Gasteiger partial charge in [-0.3, -0.25) is 9.59 Å². The molecule has 1 amide bonds. The Kier molecular flexibility index (Phi) is 2.88. The third kappa shape index (κ3) is 2.42. The number of hydrogen-bond donors (Lipinski definition) is 1. The number of likely N-dealkylation sites (tertiary alicyclic amines) is 1. The minimum Gasteiger partial charge on any atom is -0.481 e. The van der Waals surface area contributed by atoms with E-state index in [0.717, 1.165) is 0 Å². The van der Waals surface area contributed by atoms with Gasteiger partial charge in [-0.1, -0.05) is 5.57 Å². The second-order valence-corrected chi connectivity index (χ2v) is 5.80. The van der Waals surface area contributed by atoms with Crippen LogP contribution in [0.2, 0.25) is 0 Å². The highest BCUT2D eigenvalue weighted by Crippen LogP contribution is 2.48. The fourth-order valence-corrected chi connectivity index (χ4v) is 2.80. The van der Waals surface area contributed by atoms with Crippen molar-refractivity contribution in [2.24, 2.45) is 17.8 Å². The molecule has 4 nitrogen and oxygen atoms in total. The number of amides is 1. The summed E-state index contributed by atoms with van der Waals surface area (Å²) >= 11 is 0. The van der Waals surface area contributed by atoms with Gasteiger partial charge in [0.2, 0.25) is 5.91 Å². The van der Waals surface area contributed by atoms with Crippen LogP contribution in [0, 0.1) is 17.8 Å². The van der Waals surface area contributed by atoms with Gasteiger partial charge in [0.25, 0.3) is 0 Å². The molecule has 0 unspecified atom stereocenters. The highest BCUT2D eigenvalue weighted by molar-refractivity contribution is 5.89. The van der Waals surface area contributed by atoms with E-state index in [1.807, 2.05) is 6.08 Å². The number of carbonyl (C=O) groups excluding carboxylic acids is 1. The van der Waals surface area contributed by atoms with Crippen molar-refractivity contribution >= 4 is 11.9 Å². The lowest BCUT2D eigenvalue weighted by atomic mass is 10.1. The van der Waals surface area contributed by atoms with Gasteiger partial charge in [0, 0.05) is 19.2 Å². The van der Waals surface area contributed by atoms with Gasteiger partial charge in [0.1, 0.15) is 0 Å². The van der Waals surface area contributed by atoms with E-state index in [0.29, 0.717) is 31.3 Å². The zero-order valence-corrected chi connectivity index (χ0v) is 10.5. The predicted molar refractivity (Wildman–Crippen MR) is 65.9 cm³/mol. The summed E-state index contributed by atoms with van der Waals surface area (Å²) in [5, 5.41) is 8.94. The van der Waals surface area contributed by atoms with Gasteiger partial charge < -0.3 is 10.0 Å². The average molecular weight is 249 g/mol. The number of nitrogens with zero attached hydrogens (tertiary/aromatic N) is 1. The highest BCUT2D eigenvalue weighted by atomic mass is 16.4. The fourth-order valence-electron chi connectivity index (χ4n) is 2.80. The second-order valence-electron chi connectivity index (χ2n) is 5.80. The Bertz CT molecular complexity index is 393. The number of carbonyl (C=O) groups is 2. The van der Waals surface area contributed by atoms with Crippen LogP contribution in [0.4, 0.5) is 0 Å². The smallest absolute Gasteiger partial charge is 0.308 e. The lowest BCUT2D eigenvalue weighted by molar-refractivity contribution is -0.141. The summed E-state index contributed by atoms with van der Waals surface area (Å²) in [6.07, 6.45) is 7.33. The van der Waals surface area contributed by atoms with E-state index in [4.69, 9.17) is 5.11 Å². The number of carboxylic acid groups (broad SMARTS) is 1. The first-order valence-corrected chi connectivity index (χ1v) is 6.88. The Morgan fingerprint density at radius 2 is 1.61 bits per heavy atom. The maximum atomic E-state index is 12.1. The lowest BCUT2D eigenvalue weighted by Gasteiger charge is -2.14. The molecular weight excluding hydrogens is 230 g/mol. The molecule has 18 heavy (non-hydrogen) atoms. The van der Waals surface area contributed by atoms with E-state index in [2.05, 4.69) is 0 Å². The summed E-state index contributed by atoms with van der Waals surface area (Å²) in [5.74, 6) is 0.192. The van der Waals surface area contributed by atoms with Gasteiger partial charge in [-0.05, 0) is 43.9 Å². The number of hydrogen-bond acceptors (Lipinski definition) is 2. The summed E-state index contributed by atoms with van der Waals surface area (Å²) in [6, 6.07) is 0. The summed E-state index contributed by atoms with van der Waals surface area (Å²) in [5.41, 5.74) is 1.35. The monoisotopic (exact) mass is 249 g/mol. The molecule has 2 aliphatic carbocycles. The van der Waals surface area contributed by atoms with Gasteiger partial charge in [-0.15, -0.1) is 0 Å². The summed E-state index contributed by atoms with van der Waals surface area (Å²) in [7, 11) is 0.